The summed E-state index contributed by atoms with van der Waals surface area (Å²) in [6.45, 7) is 5.51. The number of pyridine rings is 1. The van der Waals surface area contributed by atoms with Crippen LogP contribution in [0.15, 0.2) is 60.9 Å². The second-order valence-corrected chi connectivity index (χ2v) is 8.76. The molecular formula is C26H26ClFN6O. The van der Waals surface area contributed by atoms with Gasteiger partial charge in [0.05, 0.1) is 23.8 Å². The Kier molecular flexibility index (Phi) is 7.32. The summed E-state index contributed by atoms with van der Waals surface area (Å²) >= 11 is 6.00. The maximum Gasteiger partial charge on any atom is 0.163 e. The quantitative estimate of drug-likeness (QED) is 0.320. The minimum absolute atomic E-state index is 0.0449. The third-order valence-electron chi connectivity index (χ3n) is 5.88. The Hall–Kier alpha value is -3.33. The molecule has 4 aromatic rings. The normalized spacial score (nSPS) is 14.2. The zero-order valence-electron chi connectivity index (χ0n) is 19.2. The Balaban J connectivity index is 1.40. The van der Waals surface area contributed by atoms with Crippen molar-refractivity contribution in [3.63, 3.8) is 0 Å². The van der Waals surface area contributed by atoms with E-state index in [4.69, 9.17) is 26.3 Å². The standard InChI is InChI=1S/C26H26ClFN6O/c27-22-16-20(4-6-23(22)28)31-26-21-15-19(30-9-2-10-34-11-13-35-14-12-34)5-7-24(21)32-25(33-26)18-3-1-8-29-17-18/h1,3-8,15-17,30H,2,9-14H2,(H,31,32,33). The van der Waals surface area contributed by atoms with E-state index >= 15 is 0 Å². The molecule has 2 aromatic carbocycles. The van der Waals surface area contributed by atoms with Gasteiger partial charge in [0.2, 0.25) is 0 Å². The number of halogens is 2. The van der Waals surface area contributed by atoms with Gasteiger partial charge >= 0.3 is 0 Å². The van der Waals surface area contributed by atoms with Gasteiger partial charge in [-0.3, -0.25) is 9.88 Å². The van der Waals surface area contributed by atoms with Crippen LogP contribution in [0.2, 0.25) is 5.02 Å². The molecule has 0 radical (unpaired) electrons. The number of nitrogens with one attached hydrogen (secondary N) is 2. The molecule has 0 aliphatic carbocycles. The minimum Gasteiger partial charge on any atom is -0.385 e. The Bertz CT molecular complexity index is 1300. The van der Waals surface area contributed by atoms with Crippen molar-refractivity contribution >= 4 is 39.7 Å². The number of fused-ring (bicyclic) bond motifs is 1. The third kappa shape index (κ3) is 5.85. The first-order valence-electron chi connectivity index (χ1n) is 11.6. The van der Waals surface area contributed by atoms with Crippen molar-refractivity contribution in [2.45, 2.75) is 6.42 Å². The van der Waals surface area contributed by atoms with Gasteiger partial charge in [0, 0.05) is 54.4 Å². The number of rotatable bonds is 8. The highest BCUT2D eigenvalue weighted by atomic mass is 35.5. The van der Waals surface area contributed by atoms with E-state index in [1.165, 1.54) is 6.07 Å². The second-order valence-electron chi connectivity index (χ2n) is 8.36. The molecule has 0 spiro atoms. The van der Waals surface area contributed by atoms with Gasteiger partial charge in [-0.05, 0) is 61.5 Å². The molecule has 0 atom stereocenters. The van der Waals surface area contributed by atoms with Crippen LogP contribution in [0.4, 0.5) is 21.6 Å². The predicted octanol–water partition coefficient (Wildman–Crippen LogP) is 5.36. The highest BCUT2D eigenvalue weighted by molar-refractivity contribution is 6.31. The summed E-state index contributed by atoms with van der Waals surface area (Å²) in [5.41, 5.74) is 3.21. The van der Waals surface area contributed by atoms with Crippen LogP contribution in [0, 0.1) is 5.82 Å². The monoisotopic (exact) mass is 492 g/mol. The van der Waals surface area contributed by atoms with E-state index in [0.717, 1.165) is 68.0 Å². The van der Waals surface area contributed by atoms with Gasteiger partial charge in [-0.15, -0.1) is 0 Å². The lowest BCUT2D eigenvalue weighted by Gasteiger charge is -2.26. The molecule has 1 fully saturated rings. The lowest BCUT2D eigenvalue weighted by molar-refractivity contribution is 0.0378. The van der Waals surface area contributed by atoms with E-state index in [-0.39, 0.29) is 5.02 Å². The summed E-state index contributed by atoms with van der Waals surface area (Å²) < 4.78 is 19.1. The molecule has 5 rings (SSSR count). The van der Waals surface area contributed by atoms with Crippen molar-refractivity contribution < 1.29 is 9.13 Å². The number of morpholine rings is 1. The van der Waals surface area contributed by atoms with Crippen LogP contribution in [0.1, 0.15) is 6.42 Å². The average Bonchev–Trinajstić information content (AvgIpc) is 2.90. The Morgan fingerprint density at radius 3 is 2.69 bits per heavy atom. The summed E-state index contributed by atoms with van der Waals surface area (Å²) in [4.78, 5) is 16.1. The molecule has 180 valence electrons. The molecule has 2 aromatic heterocycles. The zero-order valence-corrected chi connectivity index (χ0v) is 19.9. The van der Waals surface area contributed by atoms with Gasteiger partial charge in [0.25, 0.3) is 0 Å². The Morgan fingerprint density at radius 1 is 1.03 bits per heavy atom. The van der Waals surface area contributed by atoms with Crippen LogP contribution in [-0.2, 0) is 4.74 Å². The van der Waals surface area contributed by atoms with Gasteiger partial charge in [-0.2, -0.15) is 0 Å². The van der Waals surface area contributed by atoms with E-state index in [1.807, 2.05) is 30.3 Å². The SMILES string of the molecule is Fc1ccc(Nc2nc(-c3cccnc3)nc3ccc(NCCCN4CCOCC4)cc23)cc1Cl. The van der Waals surface area contributed by atoms with Gasteiger partial charge in [0.15, 0.2) is 5.82 Å². The number of hydrogen-bond acceptors (Lipinski definition) is 7. The van der Waals surface area contributed by atoms with Crippen LogP contribution in [-0.4, -0.2) is 59.2 Å². The summed E-state index contributed by atoms with van der Waals surface area (Å²) in [7, 11) is 0. The van der Waals surface area contributed by atoms with Crippen molar-refractivity contribution in [1.82, 2.24) is 19.9 Å². The first-order valence-corrected chi connectivity index (χ1v) is 12.0. The molecule has 0 saturated carbocycles. The largest absolute Gasteiger partial charge is 0.385 e. The fourth-order valence-corrected chi connectivity index (χ4v) is 4.21. The fourth-order valence-electron chi connectivity index (χ4n) is 4.03. The van der Waals surface area contributed by atoms with Crippen LogP contribution in [0.25, 0.3) is 22.3 Å². The Morgan fingerprint density at radius 2 is 1.89 bits per heavy atom. The van der Waals surface area contributed by atoms with Gasteiger partial charge in [-0.25, -0.2) is 14.4 Å². The molecule has 0 bridgehead atoms. The summed E-state index contributed by atoms with van der Waals surface area (Å²) in [5, 5.41) is 7.69. The smallest absolute Gasteiger partial charge is 0.163 e. The fraction of sp³-hybridized carbons (Fsp3) is 0.269. The zero-order chi connectivity index (χ0) is 24.0. The molecule has 2 N–H and O–H groups in total. The van der Waals surface area contributed by atoms with Crippen LogP contribution < -0.4 is 10.6 Å². The van der Waals surface area contributed by atoms with E-state index in [1.54, 1.807) is 24.5 Å². The first kappa shape index (κ1) is 23.4. The average molecular weight is 493 g/mol. The predicted molar refractivity (Wildman–Crippen MR) is 138 cm³/mol. The van der Waals surface area contributed by atoms with Crippen molar-refractivity contribution in [3.8, 4) is 11.4 Å². The molecule has 3 heterocycles. The molecular weight excluding hydrogens is 467 g/mol. The molecule has 1 aliphatic heterocycles. The minimum atomic E-state index is -0.468. The van der Waals surface area contributed by atoms with Crippen molar-refractivity contribution in [1.29, 1.82) is 0 Å². The maximum absolute atomic E-state index is 13.7. The number of benzene rings is 2. The highest BCUT2D eigenvalue weighted by Crippen LogP contribution is 2.30. The van der Waals surface area contributed by atoms with Crippen LogP contribution >= 0.6 is 11.6 Å². The van der Waals surface area contributed by atoms with Crippen molar-refractivity contribution in [3.05, 3.63) is 71.8 Å². The maximum atomic E-state index is 13.7. The van der Waals surface area contributed by atoms with E-state index in [0.29, 0.717) is 17.3 Å². The molecule has 35 heavy (non-hydrogen) atoms. The molecule has 0 amide bonds. The molecule has 0 unspecified atom stereocenters. The highest BCUT2D eigenvalue weighted by Gasteiger charge is 2.13. The third-order valence-corrected chi connectivity index (χ3v) is 6.17. The Labute approximate surface area is 208 Å². The summed E-state index contributed by atoms with van der Waals surface area (Å²) in [5.74, 6) is 0.686. The first-order chi connectivity index (χ1) is 17.2. The van der Waals surface area contributed by atoms with Gasteiger partial charge < -0.3 is 15.4 Å². The van der Waals surface area contributed by atoms with Crippen LogP contribution in [0.3, 0.4) is 0 Å². The molecule has 7 nitrogen and oxygen atoms in total. The number of nitrogens with zero attached hydrogens (tertiary/aromatic N) is 4. The van der Waals surface area contributed by atoms with E-state index in [2.05, 4.69) is 20.5 Å². The number of aromatic nitrogens is 3. The number of ether oxygens (including phenoxy) is 1. The van der Waals surface area contributed by atoms with Gasteiger partial charge in [-0.1, -0.05) is 11.6 Å². The van der Waals surface area contributed by atoms with Crippen LogP contribution in [0.5, 0.6) is 0 Å². The summed E-state index contributed by atoms with van der Waals surface area (Å²) in [6.07, 6.45) is 4.47. The van der Waals surface area contributed by atoms with Crippen molar-refractivity contribution in [2.24, 2.45) is 0 Å². The second kappa shape index (κ2) is 10.9. The summed E-state index contributed by atoms with van der Waals surface area (Å²) in [6, 6.07) is 14.3. The van der Waals surface area contributed by atoms with E-state index in [9.17, 15) is 4.39 Å². The molecule has 1 aliphatic rings. The lowest BCUT2D eigenvalue weighted by atomic mass is 10.1. The topological polar surface area (TPSA) is 75.2 Å². The number of hydrogen-bond donors (Lipinski definition) is 2. The van der Waals surface area contributed by atoms with E-state index < -0.39 is 5.82 Å². The molecule has 1 saturated heterocycles. The number of anilines is 3. The van der Waals surface area contributed by atoms with Crippen molar-refractivity contribution in [2.75, 3.05) is 50.0 Å². The lowest BCUT2D eigenvalue weighted by Crippen LogP contribution is -2.37. The molecule has 9 heteroatoms. The van der Waals surface area contributed by atoms with Gasteiger partial charge in [0.1, 0.15) is 11.6 Å².